The van der Waals surface area contributed by atoms with E-state index in [1.807, 2.05) is 18.2 Å². The summed E-state index contributed by atoms with van der Waals surface area (Å²) in [5.74, 6) is -0.443. The number of carbonyl (C=O) groups is 1. The van der Waals surface area contributed by atoms with Crippen LogP contribution in [0.25, 0.3) is 0 Å². The maximum atomic E-state index is 10.4. The number of carboxylic acid groups (broad SMARTS) is 1. The molecule has 82 valence electrons. The molecule has 0 spiro atoms. The van der Waals surface area contributed by atoms with E-state index in [9.17, 15) is 4.79 Å². The molecule has 2 rings (SSSR count). The minimum atomic E-state index is -0.993. The summed E-state index contributed by atoms with van der Waals surface area (Å²) in [5.41, 5.74) is 0.810. The quantitative estimate of drug-likeness (QED) is 0.813. The molecule has 0 unspecified atom stereocenters. The van der Waals surface area contributed by atoms with E-state index in [0.717, 1.165) is 5.69 Å². The number of hydrogen-bond donors (Lipinski definition) is 1. The van der Waals surface area contributed by atoms with Gasteiger partial charge in [0.15, 0.2) is 5.82 Å². The van der Waals surface area contributed by atoms with Crippen LogP contribution in [0.5, 0.6) is 0 Å². The fraction of sp³-hybridized carbons (Fsp3) is 0.200. The Kier molecular flexibility index (Phi) is 2.90. The predicted octanol–water partition coefficient (Wildman–Crippen LogP) is 0.683. The van der Waals surface area contributed by atoms with E-state index < -0.39 is 5.97 Å². The topological polar surface area (TPSA) is 89.1 Å². The second-order valence-corrected chi connectivity index (χ2v) is 3.17. The summed E-state index contributed by atoms with van der Waals surface area (Å²) in [6.07, 6.45) is 1.85. The molecule has 0 saturated carbocycles. The Bertz CT molecular complexity index is 481. The minimum absolute atomic E-state index is 0.110. The van der Waals surface area contributed by atoms with Gasteiger partial charge in [-0.15, -0.1) is 0 Å². The van der Waals surface area contributed by atoms with E-state index in [1.165, 1.54) is 0 Å². The van der Waals surface area contributed by atoms with Gasteiger partial charge in [-0.2, -0.15) is 4.98 Å². The zero-order valence-corrected chi connectivity index (χ0v) is 8.33. The van der Waals surface area contributed by atoms with Crippen LogP contribution in [0.3, 0.4) is 0 Å². The number of pyridine rings is 1. The van der Waals surface area contributed by atoms with Crippen LogP contribution in [0.1, 0.15) is 17.4 Å². The standard InChI is InChI=1S/C10H9N3O3/c14-10(15)6-9-12-8(13-16-9)5-7-3-1-2-4-11-7/h1-4H,5-6H2,(H,14,15). The molecule has 0 amide bonds. The Morgan fingerprint density at radius 2 is 2.31 bits per heavy atom. The first-order chi connectivity index (χ1) is 7.74. The highest BCUT2D eigenvalue weighted by molar-refractivity contribution is 5.68. The van der Waals surface area contributed by atoms with Crippen LogP contribution in [-0.2, 0) is 17.6 Å². The van der Waals surface area contributed by atoms with Gasteiger partial charge in [0.1, 0.15) is 6.42 Å². The monoisotopic (exact) mass is 219 g/mol. The molecule has 16 heavy (non-hydrogen) atoms. The Balaban J connectivity index is 2.06. The van der Waals surface area contributed by atoms with Crippen molar-refractivity contribution >= 4 is 5.97 Å². The lowest BCUT2D eigenvalue weighted by Crippen LogP contribution is -2.00. The fourth-order valence-electron chi connectivity index (χ4n) is 1.23. The average molecular weight is 219 g/mol. The minimum Gasteiger partial charge on any atom is -0.481 e. The van der Waals surface area contributed by atoms with Crippen LogP contribution in [0.4, 0.5) is 0 Å². The molecule has 0 aliphatic heterocycles. The molecule has 0 bridgehead atoms. The summed E-state index contributed by atoms with van der Waals surface area (Å²) < 4.78 is 4.78. The molecule has 2 heterocycles. The predicted molar refractivity (Wildman–Crippen MR) is 52.7 cm³/mol. The summed E-state index contributed by atoms with van der Waals surface area (Å²) in [6.45, 7) is 0. The maximum absolute atomic E-state index is 10.4. The van der Waals surface area contributed by atoms with Crippen LogP contribution in [0, 0.1) is 0 Å². The Morgan fingerprint density at radius 1 is 1.44 bits per heavy atom. The molecule has 0 aromatic carbocycles. The number of aromatic nitrogens is 3. The highest BCUT2D eigenvalue weighted by Crippen LogP contribution is 2.04. The summed E-state index contributed by atoms with van der Waals surface area (Å²) >= 11 is 0. The molecule has 0 radical (unpaired) electrons. The van der Waals surface area contributed by atoms with Gasteiger partial charge in [-0.25, -0.2) is 0 Å². The number of aliphatic carboxylic acids is 1. The van der Waals surface area contributed by atoms with E-state index in [2.05, 4.69) is 15.1 Å². The van der Waals surface area contributed by atoms with E-state index in [4.69, 9.17) is 9.63 Å². The third-order valence-corrected chi connectivity index (χ3v) is 1.88. The Hall–Kier alpha value is -2.24. The smallest absolute Gasteiger partial charge is 0.312 e. The van der Waals surface area contributed by atoms with Crippen LogP contribution in [-0.4, -0.2) is 26.2 Å². The van der Waals surface area contributed by atoms with Crippen molar-refractivity contribution in [2.24, 2.45) is 0 Å². The van der Waals surface area contributed by atoms with Crippen LogP contribution < -0.4 is 0 Å². The highest BCUT2D eigenvalue weighted by Gasteiger charge is 2.10. The number of rotatable bonds is 4. The van der Waals surface area contributed by atoms with Crippen molar-refractivity contribution < 1.29 is 14.4 Å². The molecule has 0 aliphatic carbocycles. The Morgan fingerprint density at radius 3 is 3.00 bits per heavy atom. The van der Waals surface area contributed by atoms with Gasteiger partial charge in [-0.1, -0.05) is 11.2 Å². The number of hydrogen-bond acceptors (Lipinski definition) is 5. The van der Waals surface area contributed by atoms with Gasteiger partial charge < -0.3 is 9.63 Å². The lowest BCUT2D eigenvalue weighted by Gasteiger charge is -1.92. The van der Waals surface area contributed by atoms with Crippen molar-refractivity contribution in [2.75, 3.05) is 0 Å². The second-order valence-electron chi connectivity index (χ2n) is 3.17. The van der Waals surface area contributed by atoms with E-state index in [0.29, 0.717) is 12.2 Å². The van der Waals surface area contributed by atoms with Crippen LogP contribution in [0.2, 0.25) is 0 Å². The van der Waals surface area contributed by atoms with Crippen molar-refractivity contribution in [3.05, 3.63) is 41.8 Å². The molecule has 0 fully saturated rings. The molecule has 2 aromatic rings. The molecule has 0 saturated heterocycles. The second kappa shape index (κ2) is 4.52. The summed E-state index contributed by atoms with van der Waals surface area (Å²) in [7, 11) is 0. The van der Waals surface area contributed by atoms with E-state index >= 15 is 0 Å². The van der Waals surface area contributed by atoms with Gasteiger partial charge in [0.2, 0.25) is 5.89 Å². The molecule has 0 aliphatic rings. The lowest BCUT2D eigenvalue weighted by molar-refractivity contribution is -0.136. The first-order valence-electron chi connectivity index (χ1n) is 4.67. The lowest BCUT2D eigenvalue weighted by atomic mass is 10.2. The van der Waals surface area contributed by atoms with Gasteiger partial charge in [0.25, 0.3) is 0 Å². The third-order valence-electron chi connectivity index (χ3n) is 1.88. The average Bonchev–Trinajstić information content (AvgIpc) is 2.66. The van der Waals surface area contributed by atoms with E-state index in [1.54, 1.807) is 6.20 Å². The van der Waals surface area contributed by atoms with Gasteiger partial charge in [0.05, 0.1) is 6.42 Å². The maximum Gasteiger partial charge on any atom is 0.312 e. The summed E-state index contributed by atoms with van der Waals surface area (Å²) in [5, 5.41) is 12.2. The molecular weight excluding hydrogens is 210 g/mol. The number of carboxylic acids is 1. The molecule has 1 N–H and O–H groups in total. The molecule has 6 heteroatoms. The first-order valence-corrected chi connectivity index (χ1v) is 4.67. The zero-order chi connectivity index (χ0) is 11.4. The molecule has 6 nitrogen and oxygen atoms in total. The normalized spacial score (nSPS) is 10.2. The molecule has 2 aromatic heterocycles. The van der Waals surface area contributed by atoms with Crippen molar-refractivity contribution in [1.82, 2.24) is 15.1 Å². The van der Waals surface area contributed by atoms with Crippen molar-refractivity contribution in [1.29, 1.82) is 0 Å². The molecular formula is C10H9N3O3. The van der Waals surface area contributed by atoms with Crippen molar-refractivity contribution in [2.45, 2.75) is 12.8 Å². The SMILES string of the molecule is O=C(O)Cc1nc(Cc2ccccn2)no1. The Labute approximate surface area is 90.9 Å². The zero-order valence-electron chi connectivity index (χ0n) is 8.33. The van der Waals surface area contributed by atoms with Crippen LogP contribution in [0.15, 0.2) is 28.9 Å². The van der Waals surface area contributed by atoms with Gasteiger partial charge in [0, 0.05) is 11.9 Å². The fourth-order valence-corrected chi connectivity index (χ4v) is 1.23. The number of nitrogens with zero attached hydrogens (tertiary/aromatic N) is 3. The van der Waals surface area contributed by atoms with Crippen molar-refractivity contribution in [3.63, 3.8) is 0 Å². The first kappa shape index (κ1) is 10.3. The van der Waals surface area contributed by atoms with Gasteiger partial charge in [-0.05, 0) is 12.1 Å². The van der Waals surface area contributed by atoms with Gasteiger partial charge >= 0.3 is 5.97 Å². The van der Waals surface area contributed by atoms with Gasteiger partial charge in [-0.3, -0.25) is 9.78 Å². The highest BCUT2D eigenvalue weighted by atomic mass is 16.5. The summed E-state index contributed by atoms with van der Waals surface area (Å²) in [4.78, 5) is 18.4. The third kappa shape index (κ3) is 2.63. The molecule has 0 atom stereocenters. The largest absolute Gasteiger partial charge is 0.481 e. The van der Waals surface area contributed by atoms with Crippen LogP contribution >= 0.6 is 0 Å². The van der Waals surface area contributed by atoms with Crippen molar-refractivity contribution in [3.8, 4) is 0 Å². The van der Waals surface area contributed by atoms with E-state index in [-0.39, 0.29) is 12.3 Å². The summed E-state index contributed by atoms with van der Waals surface area (Å²) in [6, 6.07) is 5.52.